The fourth-order valence-electron chi connectivity index (χ4n) is 5.35. The number of carbonyl (C=O) groups is 3. The molecule has 1 aromatic carbocycles. The highest BCUT2D eigenvalue weighted by Gasteiger charge is 2.38. The van der Waals surface area contributed by atoms with Crippen LogP contribution in [0.25, 0.3) is 0 Å². The van der Waals surface area contributed by atoms with Crippen molar-refractivity contribution in [1.29, 1.82) is 0 Å². The Bertz CT molecular complexity index is 1160. The van der Waals surface area contributed by atoms with E-state index in [1.165, 1.54) is 5.56 Å². The van der Waals surface area contributed by atoms with E-state index < -0.39 is 24.4 Å². The number of rotatable bonds is 9. The van der Waals surface area contributed by atoms with Gasteiger partial charge in [0.25, 0.3) is 0 Å². The third kappa shape index (κ3) is 7.37. The molecular weight excluding hydrogens is 508 g/mol. The van der Waals surface area contributed by atoms with E-state index in [0.717, 1.165) is 30.4 Å². The second kappa shape index (κ2) is 13.7. The summed E-state index contributed by atoms with van der Waals surface area (Å²) >= 11 is 0. The lowest BCUT2D eigenvalue weighted by atomic mass is 9.88. The molecule has 1 fully saturated rings. The number of ether oxygens (including phenoxy) is 1. The number of carbonyl (C=O) groups excluding carboxylic acids is 3. The molecule has 1 aliphatic heterocycles. The van der Waals surface area contributed by atoms with Crippen LogP contribution in [-0.4, -0.2) is 77.7 Å². The molecule has 1 aliphatic carbocycles. The van der Waals surface area contributed by atoms with Gasteiger partial charge < -0.3 is 25.6 Å². The Morgan fingerprint density at radius 3 is 2.55 bits per heavy atom. The third-order valence-corrected chi connectivity index (χ3v) is 7.82. The first-order valence-electron chi connectivity index (χ1n) is 14.2. The highest BCUT2D eigenvalue weighted by Crippen LogP contribution is 2.29. The standard InChI is InChI=1S/C30H42N6O4/c1-20(2)27(34-28(37)21(3)31-4)29(38)36-17-16-35(18-22-12-14-32-15-13-22)19-26(36)40-30(39)33-25-11-7-9-23-8-5-6-10-24(23)25/h5-6,8,10,12-15,20-21,25-27,31H,7,9,11,16-19H2,1-4H3,(H,33,39)(H,34,37)/t21-,25?,26-,27-/m0/s1. The minimum Gasteiger partial charge on any atom is -0.424 e. The van der Waals surface area contributed by atoms with Crippen molar-refractivity contribution in [3.8, 4) is 0 Å². The van der Waals surface area contributed by atoms with Crippen LogP contribution in [-0.2, 0) is 27.3 Å². The van der Waals surface area contributed by atoms with Gasteiger partial charge in [-0.05, 0) is 68.0 Å². The van der Waals surface area contributed by atoms with Crippen LogP contribution in [0.15, 0.2) is 48.8 Å². The molecule has 2 aliphatic rings. The summed E-state index contributed by atoms with van der Waals surface area (Å²) in [5, 5.41) is 8.86. The van der Waals surface area contributed by atoms with Crippen LogP contribution in [0.1, 0.15) is 56.3 Å². The zero-order chi connectivity index (χ0) is 28.6. The second-order valence-corrected chi connectivity index (χ2v) is 11.0. The van der Waals surface area contributed by atoms with E-state index in [9.17, 15) is 14.4 Å². The fraction of sp³-hybridized carbons (Fsp3) is 0.533. The molecule has 40 heavy (non-hydrogen) atoms. The number of aryl methyl sites for hydroxylation is 1. The molecule has 4 atom stereocenters. The van der Waals surface area contributed by atoms with Crippen LogP contribution in [0.2, 0.25) is 0 Å². The number of pyridine rings is 1. The Labute approximate surface area is 236 Å². The summed E-state index contributed by atoms with van der Waals surface area (Å²) in [5.41, 5.74) is 3.44. The topological polar surface area (TPSA) is 116 Å². The molecule has 0 saturated carbocycles. The van der Waals surface area contributed by atoms with E-state index in [4.69, 9.17) is 4.74 Å². The molecule has 3 amide bonds. The van der Waals surface area contributed by atoms with Crippen LogP contribution in [0.4, 0.5) is 4.79 Å². The van der Waals surface area contributed by atoms with Crippen molar-refractivity contribution < 1.29 is 19.1 Å². The second-order valence-electron chi connectivity index (χ2n) is 11.0. The van der Waals surface area contributed by atoms with E-state index in [0.29, 0.717) is 26.2 Å². The van der Waals surface area contributed by atoms with Crippen molar-refractivity contribution in [3.63, 3.8) is 0 Å². The minimum absolute atomic E-state index is 0.135. The molecular formula is C30H42N6O4. The van der Waals surface area contributed by atoms with E-state index in [-0.39, 0.29) is 23.8 Å². The summed E-state index contributed by atoms with van der Waals surface area (Å²) in [7, 11) is 1.70. The molecule has 0 bridgehead atoms. The van der Waals surface area contributed by atoms with Crippen LogP contribution in [0.3, 0.4) is 0 Å². The summed E-state index contributed by atoms with van der Waals surface area (Å²) in [6.07, 6.45) is 4.95. The number of benzene rings is 1. The SMILES string of the molecule is CN[C@@H](C)C(=O)N[C@H](C(=O)N1CCN(Cc2ccncc2)C[C@@H]1OC(=O)NC1CCCc2ccccc21)C(C)C. The van der Waals surface area contributed by atoms with Crippen molar-refractivity contribution in [2.75, 3.05) is 26.7 Å². The van der Waals surface area contributed by atoms with Gasteiger partial charge in [0.1, 0.15) is 6.04 Å². The molecule has 216 valence electrons. The van der Waals surface area contributed by atoms with Crippen LogP contribution >= 0.6 is 0 Å². The van der Waals surface area contributed by atoms with Gasteiger partial charge in [0.15, 0.2) is 6.23 Å². The fourth-order valence-corrected chi connectivity index (χ4v) is 5.35. The molecule has 0 radical (unpaired) electrons. The van der Waals surface area contributed by atoms with E-state index >= 15 is 0 Å². The quantitative estimate of drug-likeness (QED) is 0.440. The van der Waals surface area contributed by atoms with Gasteiger partial charge in [0.2, 0.25) is 11.8 Å². The number of nitrogens with zero attached hydrogens (tertiary/aromatic N) is 3. The lowest BCUT2D eigenvalue weighted by Crippen LogP contribution is -2.62. The molecule has 0 spiro atoms. The molecule has 1 aromatic heterocycles. The Balaban J connectivity index is 1.50. The number of nitrogens with one attached hydrogen (secondary N) is 3. The van der Waals surface area contributed by atoms with Gasteiger partial charge in [0.05, 0.1) is 18.6 Å². The summed E-state index contributed by atoms with van der Waals surface area (Å²) < 4.78 is 5.99. The van der Waals surface area contributed by atoms with E-state index in [2.05, 4.69) is 31.9 Å². The highest BCUT2D eigenvalue weighted by atomic mass is 16.6. The summed E-state index contributed by atoms with van der Waals surface area (Å²) in [6, 6.07) is 10.7. The number of likely N-dealkylation sites (N-methyl/N-ethyl adjacent to an activating group) is 1. The molecule has 2 heterocycles. The average molecular weight is 551 g/mol. The Morgan fingerprint density at radius 1 is 1.07 bits per heavy atom. The van der Waals surface area contributed by atoms with Crippen LogP contribution in [0.5, 0.6) is 0 Å². The van der Waals surface area contributed by atoms with Gasteiger partial charge in [0, 0.05) is 32.0 Å². The number of hydrogen-bond acceptors (Lipinski definition) is 7. The van der Waals surface area contributed by atoms with Crippen molar-refractivity contribution in [1.82, 2.24) is 30.7 Å². The zero-order valence-corrected chi connectivity index (χ0v) is 23.9. The van der Waals surface area contributed by atoms with Gasteiger partial charge in [-0.25, -0.2) is 4.79 Å². The molecule has 10 heteroatoms. The highest BCUT2D eigenvalue weighted by molar-refractivity contribution is 5.90. The molecule has 1 unspecified atom stereocenters. The number of fused-ring (bicyclic) bond motifs is 1. The summed E-state index contributed by atoms with van der Waals surface area (Å²) in [6.45, 7) is 7.52. The van der Waals surface area contributed by atoms with Gasteiger partial charge in [-0.2, -0.15) is 0 Å². The van der Waals surface area contributed by atoms with Gasteiger partial charge in [-0.1, -0.05) is 38.1 Å². The number of hydrogen-bond donors (Lipinski definition) is 3. The lowest BCUT2D eigenvalue weighted by Gasteiger charge is -2.42. The molecule has 3 N–H and O–H groups in total. The largest absolute Gasteiger partial charge is 0.424 e. The van der Waals surface area contributed by atoms with Gasteiger partial charge in [-0.15, -0.1) is 0 Å². The van der Waals surface area contributed by atoms with E-state index in [1.807, 2.05) is 44.2 Å². The van der Waals surface area contributed by atoms with Crippen molar-refractivity contribution in [3.05, 3.63) is 65.5 Å². The lowest BCUT2D eigenvalue weighted by molar-refractivity contribution is -0.153. The van der Waals surface area contributed by atoms with Crippen molar-refractivity contribution in [2.45, 2.75) is 70.9 Å². The normalized spacial score (nSPS) is 20.8. The number of alkyl carbamates (subject to hydrolysis) is 1. The number of amides is 3. The smallest absolute Gasteiger partial charge is 0.409 e. The predicted octanol–water partition coefficient (Wildman–Crippen LogP) is 2.60. The Hall–Kier alpha value is -3.50. The van der Waals surface area contributed by atoms with Crippen molar-refractivity contribution in [2.24, 2.45) is 5.92 Å². The summed E-state index contributed by atoms with van der Waals surface area (Å²) in [4.78, 5) is 47.6. The monoisotopic (exact) mass is 550 g/mol. The molecule has 4 rings (SSSR count). The van der Waals surface area contributed by atoms with Crippen LogP contribution < -0.4 is 16.0 Å². The molecule has 1 saturated heterocycles. The first-order chi connectivity index (χ1) is 19.3. The number of piperazine rings is 1. The first-order valence-corrected chi connectivity index (χ1v) is 14.2. The first kappa shape index (κ1) is 29.5. The van der Waals surface area contributed by atoms with Gasteiger partial charge >= 0.3 is 6.09 Å². The Morgan fingerprint density at radius 2 is 1.82 bits per heavy atom. The Kier molecular flexibility index (Phi) is 10.1. The molecule has 2 aromatic rings. The van der Waals surface area contributed by atoms with Crippen molar-refractivity contribution >= 4 is 17.9 Å². The summed E-state index contributed by atoms with van der Waals surface area (Å²) in [5.74, 6) is -0.656. The minimum atomic E-state index is -0.804. The zero-order valence-electron chi connectivity index (χ0n) is 23.9. The van der Waals surface area contributed by atoms with E-state index in [1.54, 1.807) is 31.3 Å². The van der Waals surface area contributed by atoms with Gasteiger partial charge in [-0.3, -0.25) is 19.5 Å². The predicted molar refractivity (Wildman–Crippen MR) is 152 cm³/mol. The molecule has 10 nitrogen and oxygen atoms in total. The maximum atomic E-state index is 13.8. The maximum Gasteiger partial charge on any atom is 0.409 e. The number of aromatic nitrogens is 1. The third-order valence-electron chi connectivity index (χ3n) is 7.82. The maximum absolute atomic E-state index is 13.8. The average Bonchev–Trinajstić information content (AvgIpc) is 2.95. The van der Waals surface area contributed by atoms with Crippen LogP contribution in [0, 0.1) is 5.92 Å².